The number of hydrogen-bond acceptors (Lipinski definition) is 7. The average Bonchev–Trinajstić information content (AvgIpc) is 3.77. The monoisotopic (exact) mass is 775 g/mol. The molecule has 3 amide bonds. The molecule has 3 heterocycles. The van der Waals surface area contributed by atoms with E-state index >= 15 is 4.79 Å². The molecular weight excluding hydrogens is 726 g/mol. The van der Waals surface area contributed by atoms with E-state index in [9.17, 15) is 19.5 Å². The van der Waals surface area contributed by atoms with Crippen molar-refractivity contribution in [3.05, 3.63) is 97.1 Å². The summed E-state index contributed by atoms with van der Waals surface area (Å²) in [5.74, 6) is -3.33. The number of benzene rings is 2. The van der Waals surface area contributed by atoms with Gasteiger partial charge in [0.15, 0.2) is 0 Å². The minimum Gasteiger partial charge on any atom is -0.463 e. The highest BCUT2D eigenvalue weighted by atomic mass is 79.9. The molecule has 1 aliphatic carbocycles. The maximum atomic E-state index is 15.1. The van der Waals surface area contributed by atoms with Crippen molar-refractivity contribution in [3.8, 4) is 0 Å². The van der Waals surface area contributed by atoms with Crippen LogP contribution in [0.5, 0.6) is 0 Å². The van der Waals surface area contributed by atoms with Crippen molar-refractivity contribution >= 4 is 39.6 Å². The first-order valence-electron chi connectivity index (χ1n) is 18.6. The molecule has 2 aromatic rings. The van der Waals surface area contributed by atoms with Crippen molar-refractivity contribution < 1.29 is 33.8 Å². The lowest BCUT2D eigenvalue weighted by Gasteiger charge is -2.42. The van der Waals surface area contributed by atoms with Crippen LogP contribution in [0.3, 0.4) is 0 Å². The smallest absolute Gasteiger partial charge is 0.306 e. The van der Waals surface area contributed by atoms with Crippen LogP contribution in [0.25, 0.3) is 0 Å². The minimum atomic E-state index is -1.30. The van der Waals surface area contributed by atoms with Crippen LogP contribution < -0.4 is 5.32 Å². The van der Waals surface area contributed by atoms with E-state index in [1.54, 1.807) is 17.1 Å². The quantitative estimate of drug-likeness (QED) is 0.139. The van der Waals surface area contributed by atoms with Crippen LogP contribution in [0.1, 0.15) is 68.5 Å². The molecule has 1 saturated carbocycles. The summed E-state index contributed by atoms with van der Waals surface area (Å²) in [5, 5.41) is 14.0. The number of ether oxygens (including phenoxy) is 2. The van der Waals surface area contributed by atoms with E-state index in [4.69, 9.17) is 9.47 Å². The molecule has 11 heteroatoms. The molecule has 278 valence electrons. The maximum Gasteiger partial charge on any atom is 0.306 e. The number of esters is 1. The highest BCUT2D eigenvalue weighted by Crippen LogP contribution is 2.60. The van der Waals surface area contributed by atoms with E-state index in [-0.39, 0.29) is 42.3 Å². The summed E-state index contributed by atoms with van der Waals surface area (Å²) >= 11 is 3.79. The third-order valence-electron chi connectivity index (χ3n) is 11.3. The number of carbonyl (C=O) groups excluding carboxylic acids is 4. The summed E-state index contributed by atoms with van der Waals surface area (Å²) in [5.41, 5.74) is 0.355. The number of allylic oxidation sites excluding steroid dienone is 1. The van der Waals surface area contributed by atoms with Crippen molar-refractivity contribution in [1.82, 2.24) is 15.1 Å². The summed E-state index contributed by atoms with van der Waals surface area (Å²) in [6, 6.07) is 16.4. The molecular formula is C41H50BrN3O7. The normalized spacial score (nSPS) is 27.8. The van der Waals surface area contributed by atoms with Crippen LogP contribution in [0.15, 0.2) is 86.0 Å². The van der Waals surface area contributed by atoms with Crippen molar-refractivity contribution in [2.45, 2.75) is 98.5 Å². The highest BCUT2D eigenvalue weighted by Gasteiger charge is 2.77. The number of hydrogen-bond donors (Lipinski definition) is 2. The van der Waals surface area contributed by atoms with Gasteiger partial charge in [0, 0.05) is 23.8 Å². The molecule has 1 spiro atoms. The molecule has 52 heavy (non-hydrogen) atoms. The zero-order valence-electron chi connectivity index (χ0n) is 29.6. The van der Waals surface area contributed by atoms with Gasteiger partial charge in [0.1, 0.15) is 18.2 Å². The van der Waals surface area contributed by atoms with Crippen LogP contribution in [0.4, 0.5) is 0 Å². The fraction of sp³-hybridized carbons (Fsp3) is 0.512. The fourth-order valence-electron chi connectivity index (χ4n) is 8.93. The number of aliphatic hydroxyl groups is 1. The molecule has 1 unspecified atom stereocenters. The number of halogens is 1. The summed E-state index contributed by atoms with van der Waals surface area (Å²) in [7, 11) is 0. The number of fused-ring (bicyclic) bond motifs is 1. The van der Waals surface area contributed by atoms with Gasteiger partial charge in [0.25, 0.3) is 0 Å². The second-order valence-electron chi connectivity index (χ2n) is 14.5. The van der Waals surface area contributed by atoms with Gasteiger partial charge in [0.05, 0.1) is 36.6 Å². The Balaban J connectivity index is 1.36. The molecule has 3 aliphatic heterocycles. The molecule has 2 bridgehead atoms. The lowest BCUT2D eigenvalue weighted by molar-refractivity contribution is -0.153. The lowest BCUT2D eigenvalue weighted by atomic mass is 9.70. The Kier molecular flexibility index (Phi) is 12.3. The molecule has 0 aromatic heterocycles. The Morgan fingerprint density at radius 2 is 1.75 bits per heavy atom. The molecule has 2 aromatic carbocycles. The van der Waals surface area contributed by atoms with Crippen LogP contribution in [0, 0.1) is 11.8 Å². The molecule has 8 atom stereocenters. The zero-order chi connectivity index (χ0) is 36.8. The highest BCUT2D eigenvalue weighted by molar-refractivity contribution is 9.09. The van der Waals surface area contributed by atoms with E-state index in [1.807, 2.05) is 65.6 Å². The first kappa shape index (κ1) is 37.9. The molecule has 4 fully saturated rings. The van der Waals surface area contributed by atoms with Gasteiger partial charge in [0.2, 0.25) is 17.7 Å². The van der Waals surface area contributed by atoms with Gasteiger partial charge in [-0.25, -0.2) is 0 Å². The Hall–Kier alpha value is -3.80. The Labute approximate surface area is 314 Å². The second kappa shape index (κ2) is 16.9. The maximum absolute atomic E-state index is 15.1. The number of nitrogens with one attached hydrogen (secondary N) is 1. The van der Waals surface area contributed by atoms with E-state index < -0.39 is 53.5 Å². The predicted molar refractivity (Wildman–Crippen MR) is 200 cm³/mol. The fourth-order valence-corrected chi connectivity index (χ4v) is 9.87. The number of likely N-dealkylation sites (tertiary alicyclic amines) is 1. The van der Waals surface area contributed by atoms with Crippen molar-refractivity contribution in [3.63, 3.8) is 0 Å². The van der Waals surface area contributed by atoms with Gasteiger partial charge in [-0.15, -0.1) is 13.2 Å². The number of nitrogens with zero attached hydrogens (tertiary/aromatic N) is 2. The van der Waals surface area contributed by atoms with Crippen molar-refractivity contribution in [1.29, 1.82) is 0 Å². The Morgan fingerprint density at radius 3 is 2.40 bits per heavy atom. The number of rotatable bonds is 16. The molecule has 3 saturated heterocycles. The van der Waals surface area contributed by atoms with E-state index in [0.29, 0.717) is 25.8 Å². The van der Waals surface area contributed by atoms with Crippen LogP contribution in [0.2, 0.25) is 0 Å². The predicted octanol–water partition coefficient (Wildman–Crippen LogP) is 5.05. The van der Waals surface area contributed by atoms with Gasteiger partial charge in [-0.05, 0) is 43.2 Å². The third-order valence-corrected chi connectivity index (χ3v) is 12.1. The van der Waals surface area contributed by atoms with E-state index in [1.165, 1.54) is 0 Å². The molecule has 4 aliphatic rings. The molecule has 2 N–H and O–H groups in total. The Bertz CT molecular complexity index is 1600. The van der Waals surface area contributed by atoms with Gasteiger partial charge in [-0.2, -0.15) is 0 Å². The van der Waals surface area contributed by atoms with Gasteiger partial charge in [-0.3, -0.25) is 19.2 Å². The largest absolute Gasteiger partial charge is 0.463 e. The number of amides is 3. The summed E-state index contributed by atoms with van der Waals surface area (Å²) in [6.45, 7) is 7.47. The number of aliphatic hydroxyl groups excluding tert-OH is 1. The van der Waals surface area contributed by atoms with Crippen LogP contribution >= 0.6 is 15.9 Å². The first-order chi connectivity index (χ1) is 25.2. The minimum absolute atomic E-state index is 0.00774. The molecule has 10 nitrogen and oxygen atoms in total. The van der Waals surface area contributed by atoms with Crippen molar-refractivity contribution in [2.24, 2.45) is 11.8 Å². The first-order valence-corrected chi connectivity index (χ1v) is 19.5. The summed E-state index contributed by atoms with van der Waals surface area (Å²) in [4.78, 5) is 60.2. The Morgan fingerprint density at radius 1 is 1.06 bits per heavy atom. The van der Waals surface area contributed by atoms with Gasteiger partial charge >= 0.3 is 5.97 Å². The van der Waals surface area contributed by atoms with Crippen LogP contribution in [-0.4, -0.2) is 93.0 Å². The number of carbonyl (C=O) groups is 4. The summed E-state index contributed by atoms with van der Waals surface area (Å²) in [6.07, 6.45) is 8.86. The van der Waals surface area contributed by atoms with E-state index in [0.717, 1.165) is 43.2 Å². The molecule has 0 radical (unpaired) electrons. The van der Waals surface area contributed by atoms with Gasteiger partial charge < -0.3 is 29.7 Å². The van der Waals surface area contributed by atoms with Crippen molar-refractivity contribution in [2.75, 3.05) is 19.8 Å². The number of alkyl halides is 1. The zero-order valence-corrected chi connectivity index (χ0v) is 31.2. The van der Waals surface area contributed by atoms with Gasteiger partial charge in [-0.1, -0.05) is 108 Å². The lowest BCUT2D eigenvalue weighted by Crippen LogP contribution is -2.61. The third kappa shape index (κ3) is 7.50. The topological polar surface area (TPSA) is 125 Å². The summed E-state index contributed by atoms with van der Waals surface area (Å²) < 4.78 is 12.4. The SMILES string of the molecule is C=CCCC(=O)OC[C@H](NC(=O)[C@H]1[C@@H]2O[C@@]3(CC2Br)[C@@H]1C(=O)N([C@@H](CO)Cc1ccccc1)[C@@H]3C(=O)N(CC=C)C1CCCCC1)c1ccccc1. The standard InChI is InChI=1S/C41H50BrN3O7/c1-3-5-21-33(47)51-26-32(28-17-11-7-12-18-28)43-38(48)34-35-39(49)45(30(25-46)23-27-15-9-6-10-16-27)37(41(35)24-31(42)36(34)52-41)40(50)44(22-4-2)29-19-13-8-14-20-29/h3-4,6-7,9-12,15-18,29-32,34-37,46H,1-2,5,8,13-14,19-26H2,(H,43,48)/t30-,31?,32+,34-,35+,36-,37-,41+/m1/s1. The average molecular weight is 777 g/mol. The second-order valence-corrected chi connectivity index (χ2v) is 15.7. The molecule has 6 rings (SSSR count). The van der Waals surface area contributed by atoms with E-state index in [2.05, 4.69) is 34.4 Å². The van der Waals surface area contributed by atoms with Crippen LogP contribution in [-0.2, 0) is 35.1 Å².